The minimum absolute atomic E-state index is 0.0381. The van der Waals surface area contributed by atoms with Crippen molar-refractivity contribution in [2.24, 2.45) is 5.92 Å². The first-order valence-corrected chi connectivity index (χ1v) is 6.40. The summed E-state index contributed by atoms with van der Waals surface area (Å²) in [5.74, 6) is -0.777. The average molecular weight is 314 g/mol. The fourth-order valence-electron chi connectivity index (χ4n) is 1.49. The number of benzene rings is 1. The van der Waals surface area contributed by atoms with E-state index in [0.29, 0.717) is 10.0 Å². The van der Waals surface area contributed by atoms with Crippen LogP contribution in [0.15, 0.2) is 28.7 Å². The van der Waals surface area contributed by atoms with Crippen molar-refractivity contribution in [3.05, 3.63) is 34.3 Å². The number of halogens is 1. The third-order valence-electron chi connectivity index (χ3n) is 2.53. The summed E-state index contributed by atoms with van der Waals surface area (Å²) in [6.45, 7) is 3.70. The predicted octanol–water partition coefficient (Wildman–Crippen LogP) is 2.38. The molecule has 1 N–H and O–H groups in total. The van der Waals surface area contributed by atoms with Crippen LogP contribution in [0.4, 0.5) is 0 Å². The third-order valence-corrected chi connectivity index (χ3v) is 3.22. The summed E-state index contributed by atoms with van der Waals surface area (Å²) in [6, 6.07) is 6.41. The molecule has 18 heavy (non-hydrogen) atoms. The number of carbonyl (C=O) groups excluding carboxylic acids is 2. The maximum absolute atomic E-state index is 12.1. The number of rotatable bonds is 4. The van der Waals surface area contributed by atoms with Gasteiger partial charge in [0, 0.05) is 4.47 Å². The molecule has 0 fully saturated rings. The Morgan fingerprint density at radius 1 is 1.28 bits per heavy atom. The van der Waals surface area contributed by atoms with Crippen molar-refractivity contribution >= 4 is 27.8 Å². The second kappa shape index (κ2) is 6.54. The normalized spacial score (nSPS) is 12.1. The molecule has 0 bridgehead atoms. The lowest BCUT2D eigenvalue weighted by molar-refractivity contribution is -0.144. The summed E-state index contributed by atoms with van der Waals surface area (Å²) in [5.41, 5.74) is 0.493. The summed E-state index contributed by atoms with van der Waals surface area (Å²) < 4.78 is 5.36. The van der Waals surface area contributed by atoms with E-state index < -0.39 is 12.0 Å². The van der Waals surface area contributed by atoms with E-state index in [-0.39, 0.29) is 11.8 Å². The van der Waals surface area contributed by atoms with Crippen LogP contribution in [-0.2, 0) is 9.53 Å². The lowest BCUT2D eigenvalue weighted by Gasteiger charge is -2.20. The molecule has 0 aliphatic heterocycles. The van der Waals surface area contributed by atoms with Gasteiger partial charge in [0.25, 0.3) is 5.91 Å². The van der Waals surface area contributed by atoms with Crippen LogP contribution in [-0.4, -0.2) is 25.0 Å². The zero-order chi connectivity index (χ0) is 13.7. The Labute approximate surface area is 115 Å². The van der Waals surface area contributed by atoms with E-state index in [0.717, 1.165) is 0 Å². The first-order chi connectivity index (χ1) is 8.47. The van der Waals surface area contributed by atoms with Crippen molar-refractivity contribution in [2.75, 3.05) is 7.11 Å². The molecule has 1 amide bonds. The van der Waals surface area contributed by atoms with Gasteiger partial charge in [0.2, 0.25) is 0 Å². The van der Waals surface area contributed by atoms with Gasteiger partial charge in [0.1, 0.15) is 6.04 Å². The lowest BCUT2D eigenvalue weighted by atomic mass is 10.0. The van der Waals surface area contributed by atoms with Crippen molar-refractivity contribution in [2.45, 2.75) is 19.9 Å². The van der Waals surface area contributed by atoms with Gasteiger partial charge in [0.05, 0.1) is 12.7 Å². The second-order valence-corrected chi connectivity index (χ2v) is 5.05. The van der Waals surface area contributed by atoms with Gasteiger partial charge in [-0.3, -0.25) is 4.79 Å². The van der Waals surface area contributed by atoms with E-state index in [1.165, 1.54) is 7.11 Å². The number of esters is 1. The Hall–Kier alpha value is -1.36. The van der Waals surface area contributed by atoms with Crippen LogP contribution in [0.2, 0.25) is 0 Å². The average Bonchev–Trinajstić information content (AvgIpc) is 2.35. The summed E-state index contributed by atoms with van der Waals surface area (Å²) in [4.78, 5) is 23.6. The van der Waals surface area contributed by atoms with Crippen LogP contribution in [0.3, 0.4) is 0 Å². The fourth-order valence-corrected chi connectivity index (χ4v) is 1.95. The molecule has 1 rings (SSSR count). The standard InChI is InChI=1S/C13H16BrNO3/c1-8(2)11(13(17)18-3)15-12(16)9-6-4-5-7-10(9)14/h4-8,11H,1-3H3,(H,15,16)/t11-/m1/s1. The maximum Gasteiger partial charge on any atom is 0.328 e. The number of hydrogen-bond donors (Lipinski definition) is 1. The van der Waals surface area contributed by atoms with Gasteiger partial charge in [-0.1, -0.05) is 26.0 Å². The van der Waals surface area contributed by atoms with E-state index in [1.807, 2.05) is 19.9 Å². The zero-order valence-corrected chi connectivity index (χ0v) is 12.2. The first-order valence-electron chi connectivity index (χ1n) is 5.60. The Morgan fingerprint density at radius 3 is 2.39 bits per heavy atom. The Morgan fingerprint density at radius 2 is 1.89 bits per heavy atom. The number of carbonyl (C=O) groups is 2. The molecule has 0 heterocycles. The van der Waals surface area contributed by atoms with Crippen LogP contribution in [0.25, 0.3) is 0 Å². The number of methoxy groups -OCH3 is 1. The molecule has 0 radical (unpaired) electrons. The van der Waals surface area contributed by atoms with Crippen molar-refractivity contribution < 1.29 is 14.3 Å². The molecule has 0 spiro atoms. The highest BCUT2D eigenvalue weighted by molar-refractivity contribution is 9.10. The molecule has 4 nitrogen and oxygen atoms in total. The smallest absolute Gasteiger partial charge is 0.328 e. The highest BCUT2D eigenvalue weighted by atomic mass is 79.9. The SMILES string of the molecule is COC(=O)[C@H](NC(=O)c1ccccc1Br)C(C)C. The van der Waals surface area contributed by atoms with Crippen LogP contribution in [0, 0.1) is 5.92 Å². The Kier molecular flexibility index (Phi) is 5.34. The van der Waals surface area contributed by atoms with Crippen LogP contribution in [0.5, 0.6) is 0 Å². The van der Waals surface area contributed by atoms with Gasteiger partial charge in [-0.25, -0.2) is 4.79 Å². The van der Waals surface area contributed by atoms with Gasteiger partial charge in [-0.15, -0.1) is 0 Å². The van der Waals surface area contributed by atoms with Crippen LogP contribution >= 0.6 is 15.9 Å². The van der Waals surface area contributed by atoms with Gasteiger partial charge in [-0.2, -0.15) is 0 Å². The molecule has 5 heteroatoms. The lowest BCUT2D eigenvalue weighted by Crippen LogP contribution is -2.45. The highest BCUT2D eigenvalue weighted by Gasteiger charge is 2.25. The number of hydrogen-bond acceptors (Lipinski definition) is 3. The minimum atomic E-state index is -0.644. The summed E-state index contributed by atoms with van der Waals surface area (Å²) in [5, 5.41) is 2.68. The topological polar surface area (TPSA) is 55.4 Å². The fraction of sp³-hybridized carbons (Fsp3) is 0.385. The quantitative estimate of drug-likeness (QED) is 0.868. The summed E-state index contributed by atoms with van der Waals surface area (Å²) in [7, 11) is 1.31. The molecule has 0 saturated carbocycles. The van der Waals surface area contributed by atoms with Crippen molar-refractivity contribution in [1.29, 1.82) is 0 Å². The van der Waals surface area contributed by atoms with Gasteiger partial charge in [0.15, 0.2) is 0 Å². The molecular formula is C13H16BrNO3. The van der Waals surface area contributed by atoms with Crippen molar-refractivity contribution in [3.8, 4) is 0 Å². The third kappa shape index (κ3) is 3.57. The second-order valence-electron chi connectivity index (χ2n) is 4.20. The number of ether oxygens (including phenoxy) is 1. The molecule has 0 aliphatic carbocycles. The van der Waals surface area contributed by atoms with Crippen LogP contribution < -0.4 is 5.32 Å². The van der Waals surface area contributed by atoms with Crippen molar-refractivity contribution in [3.63, 3.8) is 0 Å². The molecule has 0 saturated heterocycles. The molecule has 0 aromatic heterocycles. The molecule has 0 unspecified atom stereocenters. The molecule has 1 aromatic carbocycles. The highest BCUT2D eigenvalue weighted by Crippen LogP contribution is 2.16. The molecule has 1 atom stereocenters. The first kappa shape index (κ1) is 14.7. The zero-order valence-electron chi connectivity index (χ0n) is 10.6. The summed E-state index contributed by atoms with van der Waals surface area (Å²) in [6.07, 6.45) is 0. The van der Waals surface area contributed by atoms with E-state index in [4.69, 9.17) is 0 Å². The monoisotopic (exact) mass is 313 g/mol. The molecular weight excluding hydrogens is 298 g/mol. The predicted molar refractivity (Wildman–Crippen MR) is 72.3 cm³/mol. The molecule has 1 aromatic rings. The maximum atomic E-state index is 12.1. The molecule has 0 aliphatic rings. The van der Waals surface area contributed by atoms with Crippen molar-refractivity contribution in [1.82, 2.24) is 5.32 Å². The van der Waals surface area contributed by atoms with E-state index in [2.05, 4.69) is 26.0 Å². The van der Waals surface area contributed by atoms with E-state index in [9.17, 15) is 9.59 Å². The Balaban J connectivity index is 2.86. The van der Waals surface area contributed by atoms with Crippen LogP contribution in [0.1, 0.15) is 24.2 Å². The minimum Gasteiger partial charge on any atom is -0.467 e. The number of nitrogens with one attached hydrogen (secondary N) is 1. The summed E-state index contributed by atoms with van der Waals surface area (Å²) >= 11 is 3.30. The number of amides is 1. The molecule has 98 valence electrons. The van der Waals surface area contributed by atoms with E-state index in [1.54, 1.807) is 18.2 Å². The Bertz CT molecular complexity index is 446. The van der Waals surface area contributed by atoms with Gasteiger partial charge in [-0.05, 0) is 34.0 Å². The van der Waals surface area contributed by atoms with Gasteiger partial charge >= 0.3 is 5.97 Å². The van der Waals surface area contributed by atoms with E-state index >= 15 is 0 Å². The van der Waals surface area contributed by atoms with Gasteiger partial charge < -0.3 is 10.1 Å². The largest absolute Gasteiger partial charge is 0.467 e.